The van der Waals surface area contributed by atoms with Crippen LogP contribution in [0.1, 0.15) is 22.3 Å². The van der Waals surface area contributed by atoms with E-state index >= 15 is 0 Å². The summed E-state index contributed by atoms with van der Waals surface area (Å²) in [4.78, 5) is 39.0. The van der Waals surface area contributed by atoms with Crippen LogP contribution in [0.3, 0.4) is 0 Å². The molecule has 1 aliphatic heterocycles. The lowest BCUT2D eigenvalue weighted by atomic mass is 10.0. The van der Waals surface area contributed by atoms with E-state index in [2.05, 4.69) is 36.2 Å². The summed E-state index contributed by atoms with van der Waals surface area (Å²) in [7, 11) is 0. The van der Waals surface area contributed by atoms with Crippen molar-refractivity contribution in [1.82, 2.24) is 19.9 Å². The molecule has 0 aliphatic carbocycles. The lowest BCUT2D eigenvalue weighted by molar-refractivity contribution is -0.127. The number of para-hydroxylation sites is 1. The van der Waals surface area contributed by atoms with Crippen molar-refractivity contribution in [2.75, 3.05) is 23.7 Å². The van der Waals surface area contributed by atoms with Gasteiger partial charge in [0.25, 0.3) is 0 Å². The van der Waals surface area contributed by atoms with E-state index in [1.165, 1.54) is 6.33 Å². The van der Waals surface area contributed by atoms with Gasteiger partial charge in [0.05, 0.1) is 21.3 Å². The number of halogens is 2. The number of ketones is 1. The van der Waals surface area contributed by atoms with Gasteiger partial charge in [-0.2, -0.15) is 0 Å². The maximum atomic E-state index is 13.5. The van der Waals surface area contributed by atoms with E-state index in [9.17, 15) is 9.59 Å². The maximum Gasteiger partial charge on any atom is 0.233 e. The van der Waals surface area contributed by atoms with Crippen LogP contribution in [0, 0.1) is 0 Å². The van der Waals surface area contributed by atoms with Gasteiger partial charge in [-0.25, -0.2) is 9.97 Å². The topological polar surface area (TPSA) is 100 Å². The van der Waals surface area contributed by atoms with Gasteiger partial charge in [0.1, 0.15) is 29.3 Å². The molecule has 2 aromatic carbocycles. The summed E-state index contributed by atoms with van der Waals surface area (Å²) in [6.45, 7) is 1.24. The number of fused-ring (bicyclic) bond motifs is 1. The van der Waals surface area contributed by atoms with Crippen molar-refractivity contribution >= 4 is 56.1 Å². The Morgan fingerprint density at radius 2 is 1.97 bits per heavy atom. The lowest BCUT2D eigenvalue weighted by Gasteiger charge is -2.17. The number of amides is 1. The number of nitrogens with one attached hydrogen (secondary N) is 2. The van der Waals surface area contributed by atoms with Gasteiger partial charge in [-0.3, -0.25) is 9.59 Å². The smallest absolute Gasteiger partial charge is 0.233 e. The second-order valence-corrected chi connectivity index (χ2v) is 9.11. The van der Waals surface area contributed by atoms with Crippen LogP contribution in [-0.2, 0) is 4.79 Å². The summed E-state index contributed by atoms with van der Waals surface area (Å²) in [5, 5.41) is 4.55. The van der Waals surface area contributed by atoms with E-state index < -0.39 is 0 Å². The van der Waals surface area contributed by atoms with Gasteiger partial charge in [0.15, 0.2) is 5.78 Å². The van der Waals surface area contributed by atoms with E-state index in [1.54, 1.807) is 29.3 Å². The van der Waals surface area contributed by atoms with Crippen LogP contribution < -0.4 is 10.1 Å². The molecule has 0 saturated carbocycles. The summed E-state index contributed by atoms with van der Waals surface area (Å²) in [5.74, 6) is 1.54. The maximum absolute atomic E-state index is 13.5. The van der Waals surface area contributed by atoms with Crippen molar-refractivity contribution < 1.29 is 14.3 Å². The van der Waals surface area contributed by atoms with E-state index in [1.807, 2.05) is 30.3 Å². The number of aromatic amines is 1. The Balaban J connectivity index is 1.40. The molecule has 178 valence electrons. The van der Waals surface area contributed by atoms with E-state index in [4.69, 9.17) is 16.3 Å². The Kier molecular flexibility index (Phi) is 6.70. The second kappa shape index (κ2) is 10.1. The molecule has 0 bridgehead atoms. The molecule has 0 radical (unpaired) electrons. The van der Waals surface area contributed by atoms with Gasteiger partial charge >= 0.3 is 0 Å². The molecule has 2 N–H and O–H groups in total. The molecule has 0 spiro atoms. The first kappa shape index (κ1) is 23.3. The molecule has 1 fully saturated rings. The Bertz CT molecular complexity index is 1390. The molecule has 35 heavy (non-hydrogen) atoms. The monoisotopic (exact) mass is 553 g/mol. The van der Waals surface area contributed by atoms with Crippen molar-refractivity contribution in [3.63, 3.8) is 0 Å². The van der Waals surface area contributed by atoms with Crippen LogP contribution in [0.25, 0.3) is 11.0 Å². The number of benzene rings is 2. The summed E-state index contributed by atoms with van der Waals surface area (Å²) in [6, 6.07) is 14.3. The summed E-state index contributed by atoms with van der Waals surface area (Å²) in [6.07, 6.45) is 3.84. The molecule has 1 aliphatic rings. The number of likely N-dealkylation sites (tertiary alicyclic amines) is 1. The molecule has 3 heterocycles. The predicted octanol–water partition coefficient (Wildman–Crippen LogP) is 5.04. The Hall–Kier alpha value is -3.43. The average Bonchev–Trinajstić information content (AvgIpc) is 3.52. The largest absolute Gasteiger partial charge is 0.457 e. The van der Waals surface area contributed by atoms with Gasteiger partial charge in [0.2, 0.25) is 5.91 Å². The van der Waals surface area contributed by atoms with Gasteiger partial charge in [-0.15, -0.1) is 0 Å². The molecular formula is C25H21BrClN5O3. The van der Waals surface area contributed by atoms with E-state index in [-0.39, 0.29) is 22.8 Å². The third kappa shape index (κ3) is 4.87. The van der Waals surface area contributed by atoms with Crippen LogP contribution in [-0.4, -0.2) is 56.0 Å². The lowest BCUT2D eigenvalue weighted by Crippen LogP contribution is -2.32. The van der Waals surface area contributed by atoms with Gasteiger partial charge in [-0.05, 0) is 30.7 Å². The number of alkyl halides is 1. The summed E-state index contributed by atoms with van der Waals surface area (Å²) in [5.41, 5.74) is 1.29. The zero-order valence-corrected chi connectivity index (χ0v) is 20.8. The number of hydrogen-bond donors (Lipinski definition) is 2. The molecule has 2 aromatic heterocycles. The third-order valence-electron chi connectivity index (χ3n) is 5.87. The number of rotatable bonds is 7. The zero-order valence-electron chi connectivity index (χ0n) is 18.5. The van der Waals surface area contributed by atoms with Gasteiger partial charge < -0.3 is 19.9 Å². The van der Waals surface area contributed by atoms with Gasteiger partial charge in [-0.1, -0.05) is 45.7 Å². The Morgan fingerprint density at radius 1 is 1.14 bits per heavy atom. The van der Waals surface area contributed by atoms with Crippen molar-refractivity contribution in [2.45, 2.75) is 12.5 Å². The fourth-order valence-electron chi connectivity index (χ4n) is 4.15. The van der Waals surface area contributed by atoms with Crippen LogP contribution in [0.5, 0.6) is 11.5 Å². The van der Waals surface area contributed by atoms with Gasteiger partial charge in [0, 0.05) is 37.0 Å². The zero-order chi connectivity index (χ0) is 24.4. The normalized spacial score (nSPS) is 15.4. The highest BCUT2D eigenvalue weighted by Crippen LogP contribution is 2.31. The highest BCUT2D eigenvalue weighted by Gasteiger charge is 2.27. The second-order valence-electron chi connectivity index (χ2n) is 8.14. The standard InChI is InChI=1S/C25H21BrClN5O3/c26-11-21(33)32-9-8-15(13-32)31-25-22-19(12-28-24(22)29-14-30-25)23(34)18-7-6-17(10-20(18)27)35-16-4-2-1-3-5-16/h1-7,10,12,14-15H,8-9,11,13H2,(H2,28,29,30,31). The summed E-state index contributed by atoms with van der Waals surface area (Å²) < 4.78 is 5.82. The highest BCUT2D eigenvalue weighted by atomic mass is 79.9. The minimum Gasteiger partial charge on any atom is -0.457 e. The van der Waals surface area contributed by atoms with Crippen molar-refractivity contribution in [2.24, 2.45) is 0 Å². The minimum atomic E-state index is -0.257. The number of carbonyl (C=O) groups excluding carboxylic acids is 2. The van der Waals surface area contributed by atoms with Crippen molar-refractivity contribution in [3.05, 3.63) is 77.2 Å². The SMILES string of the molecule is O=C(c1ccc(Oc2ccccc2)cc1Cl)c1c[nH]c2ncnc(NC3CCN(C(=O)CBr)C3)c12. The minimum absolute atomic E-state index is 0.0203. The van der Waals surface area contributed by atoms with Crippen molar-refractivity contribution in [1.29, 1.82) is 0 Å². The number of ether oxygens (including phenoxy) is 1. The Morgan fingerprint density at radius 3 is 2.74 bits per heavy atom. The predicted molar refractivity (Wildman–Crippen MR) is 138 cm³/mol. The number of hydrogen-bond acceptors (Lipinski definition) is 6. The third-order valence-corrected chi connectivity index (χ3v) is 6.67. The molecular weight excluding hydrogens is 534 g/mol. The number of carbonyl (C=O) groups is 2. The highest BCUT2D eigenvalue weighted by molar-refractivity contribution is 9.09. The number of nitrogens with zero attached hydrogens (tertiary/aromatic N) is 3. The van der Waals surface area contributed by atoms with Crippen LogP contribution in [0.4, 0.5) is 5.82 Å². The molecule has 5 rings (SSSR count). The molecule has 8 nitrogen and oxygen atoms in total. The fraction of sp³-hybridized carbons (Fsp3) is 0.200. The van der Waals surface area contributed by atoms with E-state index in [0.29, 0.717) is 57.9 Å². The van der Waals surface area contributed by atoms with Crippen LogP contribution in [0.2, 0.25) is 5.02 Å². The van der Waals surface area contributed by atoms with Crippen molar-refractivity contribution in [3.8, 4) is 11.5 Å². The number of aromatic nitrogens is 3. The molecule has 1 saturated heterocycles. The molecule has 1 atom stereocenters. The molecule has 1 unspecified atom stereocenters. The van der Waals surface area contributed by atoms with Crippen LogP contribution >= 0.6 is 27.5 Å². The summed E-state index contributed by atoms with van der Waals surface area (Å²) >= 11 is 9.72. The average molecular weight is 555 g/mol. The number of anilines is 1. The quantitative estimate of drug-likeness (QED) is 0.245. The van der Waals surface area contributed by atoms with E-state index in [0.717, 1.165) is 6.42 Å². The van der Waals surface area contributed by atoms with Crippen LogP contribution in [0.15, 0.2) is 61.1 Å². The molecule has 1 amide bonds. The molecule has 4 aromatic rings. The Labute approximate surface area is 214 Å². The molecule has 10 heteroatoms. The first-order valence-electron chi connectivity index (χ1n) is 11.0. The first-order valence-corrected chi connectivity index (χ1v) is 12.5. The fourth-order valence-corrected chi connectivity index (χ4v) is 4.76. The first-order chi connectivity index (χ1) is 17.0. The number of H-pyrrole nitrogens is 1.